The molecule has 0 heterocycles. The van der Waals surface area contributed by atoms with Crippen LogP contribution in [0.25, 0.3) is 0 Å². The zero-order valence-electron chi connectivity index (χ0n) is 13.5. The van der Waals surface area contributed by atoms with Gasteiger partial charge in [-0.1, -0.05) is 6.07 Å². The van der Waals surface area contributed by atoms with Gasteiger partial charge in [0.1, 0.15) is 0 Å². The predicted octanol–water partition coefficient (Wildman–Crippen LogP) is 2.21. The minimum Gasteiger partial charge on any atom is -0.490 e. The molecule has 0 saturated carbocycles. The Kier molecular flexibility index (Phi) is 8.09. The quantitative estimate of drug-likeness (QED) is 0.570. The summed E-state index contributed by atoms with van der Waals surface area (Å²) in [5, 5.41) is 6.45. The molecule has 1 aromatic carbocycles. The smallest absolute Gasteiger partial charge is 0.190 e. The van der Waals surface area contributed by atoms with Crippen LogP contribution in [0.2, 0.25) is 0 Å². The summed E-state index contributed by atoms with van der Waals surface area (Å²) < 4.78 is 11.2. The summed E-state index contributed by atoms with van der Waals surface area (Å²) in [7, 11) is 1.77. The van der Waals surface area contributed by atoms with Gasteiger partial charge in [0.15, 0.2) is 17.5 Å². The molecule has 0 aliphatic rings. The number of hydrogen-bond acceptors (Lipinski definition) is 3. The summed E-state index contributed by atoms with van der Waals surface area (Å²) in [4.78, 5) is 4.14. The summed E-state index contributed by atoms with van der Waals surface area (Å²) in [5.41, 5.74) is 1.21. The number of ether oxygens (including phenoxy) is 2. The monoisotopic (exact) mass is 293 g/mol. The van der Waals surface area contributed by atoms with Crippen LogP contribution in [0.15, 0.2) is 23.2 Å². The third-order valence-corrected chi connectivity index (χ3v) is 2.88. The minimum absolute atomic E-state index is 0.634. The largest absolute Gasteiger partial charge is 0.490 e. The van der Waals surface area contributed by atoms with Crippen LogP contribution < -0.4 is 20.1 Å². The minimum atomic E-state index is 0.634. The van der Waals surface area contributed by atoms with Gasteiger partial charge in [-0.3, -0.25) is 4.99 Å². The highest BCUT2D eigenvalue weighted by atomic mass is 16.5. The number of nitrogens with zero attached hydrogens (tertiary/aromatic N) is 1. The van der Waals surface area contributed by atoms with E-state index in [1.54, 1.807) is 7.05 Å². The molecule has 0 atom stereocenters. The molecule has 21 heavy (non-hydrogen) atoms. The topological polar surface area (TPSA) is 54.9 Å². The Hall–Kier alpha value is -1.91. The van der Waals surface area contributed by atoms with Crippen LogP contribution in [0, 0.1) is 0 Å². The maximum absolute atomic E-state index is 5.64. The third kappa shape index (κ3) is 5.94. The summed E-state index contributed by atoms with van der Waals surface area (Å²) in [5.74, 6) is 2.45. The van der Waals surface area contributed by atoms with Crippen molar-refractivity contribution in [1.82, 2.24) is 10.6 Å². The Morgan fingerprint density at radius 1 is 1.05 bits per heavy atom. The van der Waals surface area contributed by atoms with Crippen LogP contribution in [0.4, 0.5) is 0 Å². The summed E-state index contributed by atoms with van der Waals surface area (Å²) in [6.45, 7) is 8.95. The second-order valence-electron chi connectivity index (χ2n) is 4.43. The molecule has 1 rings (SSSR count). The first-order valence-electron chi connectivity index (χ1n) is 7.58. The SMILES string of the molecule is CCNC(=NC)NCCc1ccc(OCC)c(OCC)c1. The fourth-order valence-corrected chi connectivity index (χ4v) is 1.96. The molecular formula is C16H27N3O2. The van der Waals surface area contributed by atoms with Gasteiger partial charge in [0.2, 0.25) is 0 Å². The van der Waals surface area contributed by atoms with Gasteiger partial charge in [0, 0.05) is 20.1 Å². The molecule has 0 aliphatic heterocycles. The van der Waals surface area contributed by atoms with Gasteiger partial charge in [-0.25, -0.2) is 0 Å². The van der Waals surface area contributed by atoms with Crippen molar-refractivity contribution in [3.05, 3.63) is 23.8 Å². The molecule has 1 aromatic rings. The normalized spacial score (nSPS) is 11.1. The zero-order chi connectivity index (χ0) is 15.5. The van der Waals surface area contributed by atoms with Crippen molar-refractivity contribution in [2.75, 3.05) is 33.4 Å². The van der Waals surface area contributed by atoms with Crippen LogP contribution >= 0.6 is 0 Å². The maximum Gasteiger partial charge on any atom is 0.190 e. The molecule has 118 valence electrons. The zero-order valence-corrected chi connectivity index (χ0v) is 13.5. The van der Waals surface area contributed by atoms with Crippen molar-refractivity contribution in [3.63, 3.8) is 0 Å². The lowest BCUT2D eigenvalue weighted by atomic mass is 10.1. The van der Waals surface area contributed by atoms with Crippen molar-refractivity contribution in [2.45, 2.75) is 27.2 Å². The third-order valence-electron chi connectivity index (χ3n) is 2.88. The van der Waals surface area contributed by atoms with Crippen LogP contribution in [-0.2, 0) is 6.42 Å². The second kappa shape index (κ2) is 9.91. The highest BCUT2D eigenvalue weighted by molar-refractivity contribution is 5.79. The predicted molar refractivity (Wildman–Crippen MR) is 87.5 cm³/mol. The van der Waals surface area contributed by atoms with E-state index in [4.69, 9.17) is 9.47 Å². The molecule has 2 N–H and O–H groups in total. The van der Waals surface area contributed by atoms with Crippen LogP contribution in [0.5, 0.6) is 11.5 Å². The van der Waals surface area contributed by atoms with Crippen molar-refractivity contribution in [3.8, 4) is 11.5 Å². The number of aliphatic imine (C=N–C) groups is 1. The number of rotatable bonds is 8. The number of benzene rings is 1. The molecule has 5 nitrogen and oxygen atoms in total. The molecule has 0 aliphatic carbocycles. The van der Waals surface area contributed by atoms with Gasteiger partial charge in [-0.2, -0.15) is 0 Å². The van der Waals surface area contributed by atoms with Crippen LogP contribution in [0.3, 0.4) is 0 Å². The fraction of sp³-hybridized carbons (Fsp3) is 0.562. The van der Waals surface area contributed by atoms with E-state index >= 15 is 0 Å². The highest BCUT2D eigenvalue weighted by Crippen LogP contribution is 2.28. The molecule has 0 amide bonds. The Morgan fingerprint density at radius 3 is 2.38 bits per heavy atom. The molecule has 0 radical (unpaired) electrons. The van der Waals surface area contributed by atoms with Gasteiger partial charge in [0.05, 0.1) is 13.2 Å². The molecular weight excluding hydrogens is 266 g/mol. The fourth-order valence-electron chi connectivity index (χ4n) is 1.96. The van der Waals surface area contributed by atoms with Gasteiger partial charge < -0.3 is 20.1 Å². The molecule has 0 saturated heterocycles. The number of guanidine groups is 1. The first kappa shape index (κ1) is 17.1. The maximum atomic E-state index is 5.64. The van der Waals surface area contributed by atoms with Crippen molar-refractivity contribution >= 4 is 5.96 Å². The van der Waals surface area contributed by atoms with E-state index in [0.29, 0.717) is 13.2 Å². The van der Waals surface area contributed by atoms with Gasteiger partial charge >= 0.3 is 0 Å². The van der Waals surface area contributed by atoms with Crippen molar-refractivity contribution in [2.24, 2.45) is 4.99 Å². The molecule has 0 fully saturated rings. The van der Waals surface area contributed by atoms with Crippen molar-refractivity contribution < 1.29 is 9.47 Å². The van der Waals surface area contributed by atoms with E-state index < -0.39 is 0 Å². The average Bonchev–Trinajstić information content (AvgIpc) is 2.49. The second-order valence-corrected chi connectivity index (χ2v) is 4.43. The van der Waals surface area contributed by atoms with Crippen LogP contribution in [-0.4, -0.2) is 39.3 Å². The highest BCUT2D eigenvalue weighted by Gasteiger charge is 2.06. The van der Waals surface area contributed by atoms with E-state index in [2.05, 4.69) is 21.7 Å². The molecule has 5 heteroatoms. The molecule has 0 spiro atoms. The van der Waals surface area contributed by atoms with Gasteiger partial charge in [0.25, 0.3) is 0 Å². The van der Waals surface area contributed by atoms with Gasteiger partial charge in [-0.05, 0) is 44.9 Å². The van der Waals surface area contributed by atoms with Crippen molar-refractivity contribution in [1.29, 1.82) is 0 Å². The lowest BCUT2D eigenvalue weighted by molar-refractivity contribution is 0.287. The Bertz CT molecular complexity index is 447. The van der Waals surface area contributed by atoms with E-state index in [0.717, 1.165) is 37.0 Å². The molecule has 0 unspecified atom stereocenters. The Morgan fingerprint density at radius 2 is 1.76 bits per heavy atom. The average molecular weight is 293 g/mol. The first-order chi connectivity index (χ1) is 10.2. The van der Waals surface area contributed by atoms with E-state index in [9.17, 15) is 0 Å². The first-order valence-corrected chi connectivity index (χ1v) is 7.58. The van der Waals surface area contributed by atoms with E-state index in [-0.39, 0.29) is 0 Å². The number of nitrogens with one attached hydrogen (secondary N) is 2. The number of hydrogen-bond donors (Lipinski definition) is 2. The van der Waals surface area contributed by atoms with E-state index in [1.165, 1.54) is 5.56 Å². The Balaban J connectivity index is 2.61. The summed E-state index contributed by atoms with van der Waals surface area (Å²) in [6, 6.07) is 6.10. The van der Waals surface area contributed by atoms with E-state index in [1.807, 2.05) is 32.9 Å². The lowest BCUT2D eigenvalue weighted by Crippen LogP contribution is -2.38. The Labute approximate surface area is 127 Å². The lowest BCUT2D eigenvalue weighted by Gasteiger charge is -2.13. The summed E-state index contributed by atoms with van der Waals surface area (Å²) in [6.07, 6.45) is 0.900. The molecule has 0 aromatic heterocycles. The standard InChI is InChI=1S/C16H27N3O2/c1-5-18-16(17-4)19-11-10-13-8-9-14(20-6-2)15(12-13)21-7-3/h8-9,12H,5-7,10-11H2,1-4H3,(H2,17,18,19). The van der Waals surface area contributed by atoms with Gasteiger partial charge in [-0.15, -0.1) is 0 Å². The molecule has 0 bridgehead atoms. The van der Waals surface area contributed by atoms with Crippen LogP contribution in [0.1, 0.15) is 26.3 Å². The summed E-state index contributed by atoms with van der Waals surface area (Å²) >= 11 is 0.